The second kappa shape index (κ2) is 10.4. The smallest absolute Gasteiger partial charge is 0.489 e. The van der Waals surface area contributed by atoms with Crippen molar-refractivity contribution in [3.63, 3.8) is 0 Å². The standard InChI is InChI=1S/C22H16F9NO7S/c1-10-12(3-6-15(20(23,24)25)18(10)39-40(35,36)22(29,30)31)8-32(19(34)21(26,27)28)13-4-5-14-16(7-13)37-9-17(14)38-11(2)33/h3-7,17H,8-9H2,1-2H3/t17-/m1/s1. The first-order chi connectivity index (χ1) is 18.1. The molecule has 1 amide bonds. The molecule has 220 valence electrons. The lowest BCUT2D eigenvalue weighted by Gasteiger charge is -2.26. The molecule has 3 rings (SSSR count). The number of hydrogen-bond donors (Lipinski definition) is 0. The highest BCUT2D eigenvalue weighted by Gasteiger charge is 2.50. The molecule has 8 nitrogen and oxygen atoms in total. The van der Waals surface area contributed by atoms with Crippen molar-refractivity contribution in [3.05, 3.63) is 52.6 Å². The molecule has 0 bridgehead atoms. The third kappa shape index (κ3) is 6.37. The lowest BCUT2D eigenvalue weighted by molar-refractivity contribution is -0.170. The number of rotatable bonds is 6. The van der Waals surface area contributed by atoms with Crippen LogP contribution in [-0.4, -0.2) is 38.6 Å². The van der Waals surface area contributed by atoms with Gasteiger partial charge in [0.25, 0.3) is 0 Å². The Morgan fingerprint density at radius 2 is 1.65 bits per heavy atom. The van der Waals surface area contributed by atoms with Gasteiger partial charge < -0.3 is 18.6 Å². The number of carbonyl (C=O) groups is 2. The molecular weight excluding hydrogens is 593 g/mol. The fourth-order valence-electron chi connectivity index (χ4n) is 3.63. The van der Waals surface area contributed by atoms with Crippen LogP contribution >= 0.6 is 0 Å². The van der Waals surface area contributed by atoms with E-state index in [2.05, 4.69) is 4.18 Å². The summed E-state index contributed by atoms with van der Waals surface area (Å²) < 4.78 is 156. The summed E-state index contributed by atoms with van der Waals surface area (Å²) >= 11 is 0. The molecule has 0 aliphatic carbocycles. The van der Waals surface area contributed by atoms with E-state index in [-0.39, 0.29) is 28.9 Å². The van der Waals surface area contributed by atoms with Crippen molar-refractivity contribution in [2.45, 2.75) is 44.4 Å². The maximum atomic E-state index is 13.5. The van der Waals surface area contributed by atoms with Gasteiger partial charge in [0.2, 0.25) is 0 Å². The summed E-state index contributed by atoms with van der Waals surface area (Å²) in [5, 5.41) is 0. The highest BCUT2D eigenvalue weighted by atomic mass is 32.2. The summed E-state index contributed by atoms with van der Waals surface area (Å²) in [5.41, 5.74) is -9.92. The van der Waals surface area contributed by atoms with Crippen LogP contribution in [0.3, 0.4) is 0 Å². The van der Waals surface area contributed by atoms with Gasteiger partial charge in [-0.15, -0.1) is 0 Å². The van der Waals surface area contributed by atoms with Crippen molar-refractivity contribution in [1.82, 2.24) is 0 Å². The lowest BCUT2D eigenvalue weighted by atomic mass is 10.0. The van der Waals surface area contributed by atoms with Gasteiger partial charge in [0, 0.05) is 24.2 Å². The lowest BCUT2D eigenvalue weighted by Crippen LogP contribution is -2.41. The number of ether oxygens (including phenoxy) is 2. The number of carbonyl (C=O) groups excluding carboxylic acids is 2. The van der Waals surface area contributed by atoms with Gasteiger partial charge in [-0.05, 0) is 36.2 Å². The molecule has 1 heterocycles. The van der Waals surface area contributed by atoms with Crippen LogP contribution in [-0.2, 0) is 37.2 Å². The first-order valence-corrected chi connectivity index (χ1v) is 12.1. The number of hydrogen-bond acceptors (Lipinski definition) is 7. The largest absolute Gasteiger partial charge is 0.534 e. The monoisotopic (exact) mass is 609 g/mol. The summed E-state index contributed by atoms with van der Waals surface area (Å²) in [5.74, 6) is -5.13. The number of halogens is 9. The minimum Gasteiger partial charge on any atom is -0.489 e. The van der Waals surface area contributed by atoms with Gasteiger partial charge >= 0.3 is 39.9 Å². The normalized spacial score (nSPS) is 15.7. The molecule has 0 fully saturated rings. The van der Waals surface area contributed by atoms with Crippen molar-refractivity contribution < 1.29 is 71.2 Å². The second-order valence-electron chi connectivity index (χ2n) is 8.23. The predicted octanol–water partition coefficient (Wildman–Crippen LogP) is 5.33. The average molecular weight is 609 g/mol. The third-order valence-electron chi connectivity index (χ3n) is 5.47. The SMILES string of the molecule is CC(=O)O[C@@H]1COc2cc(N(Cc3ccc(C(F)(F)F)c(OS(=O)(=O)C(F)(F)F)c3C)C(=O)C(F)(F)F)ccc21. The zero-order valence-electron chi connectivity index (χ0n) is 20.0. The van der Waals surface area contributed by atoms with Gasteiger partial charge in [-0.3, -0.25) is 9.59 Å². The number of benzene rings is 2. The summed E-state index contributed by atoms with van der Waals surface area (Å²) in [6, 6.07) is 3.77. The number of esters is 1. The van der Waals surface area contributed by atoms with Gasteiger partial charge in [0.1, 0.15) is 12.4 Å². The average Bonchev–Trinajstić information content (AvgIpc) is 3.18. The molecule has 1 atom stereocenters. The summed E-state index contributed by atoms with van der Waals surface area (Å²) in [6.45, 7) is 0.382. The van der Waals surface area contributed by atoms with Gasteiger partial charge in [0.05, 0.1) is 12.1 Å². The molecule has 1 aliphatic rings. The molecule has 18 heteroatoms. The van der Waals surface area contributed by atoms with E-state index in [0.717, 1.165) is 19.1 Å². The highest BCUT2D eigenvalue weighted by Crippen LogP contribution is 2.43. The molecule has 0 radical (unpaired) electrons. The number of fused-ring (bicyclic) bond motifs is 1. The molecule has 0 aromatic heterocycles. The molecule has 0 saturated heterocycles. The Morgan fingerprint density at radius 1 is 1.02 bits per heavy atom. The van der Waals surface area contributed by atoms with Gasteiger partial charge in [0.15, 0.2) is 11.9 Å². The third-order valence-corrected chi connectivity index (χ3v) is 6.42. The van der Waals surface area contributed by atoms with Crippen molar-refractivity contribution in [2.24, 2.45) is 0 Å². The van der Waals surface area contributed by atoms with Crippen LogP contribution in [0.1, 0.15) is 35.3 Å². The maximum absolute atomic E-state index is 13.5. The Bertz CT molecular complexity index is 1430. The zero-order chi connectivity index (χ0) is 30.4. The molecular formula is C22H16F9NO7S. The summed E-state index contributed by atoms with van der Waals surface area (Å²) in [7, 11) is -6.63. The molecule has 2 aromatic rings. The van der Waals surface area contributed by atoms with Crippen LogP contribution in [0, 0.1) is 6.92 Å². The summed E-state index contributed by atoms with van der Waals surface area (Å²) in [6.07, 6.45) is -11.9. The first-order valence-electron chi connectivity index (χ1n) is 10.7. The van der Waals surface area contributed by atoms with E-state index in [1.54, 1.807) is 0 Å². The summed E-state index contributed by atoms with van der Waals surface area (Å²) in [4.78, 5) is 23.6. The zero-order valence-corrected chi connectivity index (χ0v) is 20.8. The molecule has 2 aromatic carbocycles. The van der Waals surface area contributed by atoms with Gasteiger partial charge in [-0.1, -0.05) is 6.07 Å². The number of alkyl halides is 9. The van der Waals surface area contributed by atoms with E-state index in [0.29, 0.717) is 13.0 Å². The molecule has 0 unspecified atom stereocenters. The number of amides is 1. The van der Waals surface area contributed by atoms with E-state index in [4.69, 9.17) is 9.47 Å². The Labute approximate surface area is 219 Å². The predicted molar refractivity (Wildman–Crippen MR) is 115 cm³/mol. The molecule has 40 heavy (non-hydrogen) atoms. The van der Waals surface area contributed by atoms with E-state index in [1.807, 2.05) is 0 Å². The fraction of sp³-hybridized carbons (Fsp3) is 0.364. The van der Waals surface area contributed by atoms with E-state index < -0.39 is 80.6 Å². The fourth-order valence-corrected chi connectivity index (χ4v) is 4.16. The molecule has 0 N–H and O–H groups in total. The second-order valence-corrected chi connectivity index (χ2v) is 9.77. The number of nitrogens with zero attached hydrogens (tertiary/aromatic N) is 1. The van der Waals surface area contributed by atoms with Crippen molar-refractivity contribution in [2.75, 3.05) is 11.5 Å². The van der Waals surface area contributed by atoms with Gasteiger partial charge in [-0.25, -0.2) is 0 Å². The van der Waals surface area contributed by atoms with Crippen molar-refractivity contribution in [1.29, 1.82) is 0 Å². The topological polar surface area (TPSA) is 99.2 Å². The molecule has 0 saturated carbocycles. The molecule has 1 aliphatic heterocycles. The maximum Gasteiger partial charge on any atom is 0.534 e. The minimum atomic E-state index is -6.63. The van der Waals surface area contributed by atoms with Crippen LogP contribution in [0.2, 0.25) is 0 Å². The highest BCUT2D eigenvalue weighted by molar-refractivity contribution is 7.88. The van der Waals surface area contributed by atoms with Crippen molar-refractivity contribution >= 4 is 27.7 Å². The van der Waals surface area contributed by atoms with Crippen LogP contribution in [0.4, 0.5) is 45.2 Å². The number of anilines is 1. The Hall–Kier alpha value is -3.70. The van der Waals surface area contributed by atoms with Crippen LogP contribution in [0.5, 0.6) is 11.5 Å². The van der Waals surface area contributed by atoms with Crippen LogP contribution < -0.4 is 13.8 Å². The van der Waals surface area contributed by atoms with Crippen LogP contribution in [0.15, 0.2) is 30.3 Å². The van der Waals surface area contributed by atoms with E-state index in [9.17, 15) is 57.5 Å². The van der Waals surface area contributed by atoms with E-state index in [1.165, 1.54) is 6.07 Å². The first kappa shape index (κ1) is 30.8. The minimum absolute atomic E-state index is 0.0421. The van der Waals surface area contributed by atoms with Crippen molar-refractivity contribution in [3.8, 4) is 11.5 Å². The van der Waals surface area contributed by atoms with E-state index >= 15 is 0 Å². The molecule has 0 spiro atoms. The Kier molecular flexibility index (Phi) is 7.99. The Balaban J connectivity index is 2.12. The van der Waals surface area contributed by atoms with Crippen LogP contribution in [0.25, 0.3) is 0 Å². The quantitative estimate of drug-likeness (QED) is 0.189. The van der Waals surface area contributed by atoms with Gasteiger partial charge in [-0.2, -0.15) is 47.9 Å². The Morgan fingerprint density at radius 3 is 2.17 bits per heavy atom.